The van der Waals surface area contributed by atoms with Crippen LogP contribution in [0, 0.1) is 11.6 Å². The molecule has 96 valence electrons. The first-order valence-electron chi connectivity index (χ1n) is 5.44. The Labute approximate surface area is 103 Å². The van der Waals surface area contributed by atoms with Gasteiger partial charge < -0.3 is 10.1 Å². The van der Waals surface area contributed by atoms with Crippen LogP contribution in [-0.2, 0) is 4.74 Å². The molecule has 0 saturated carbocycles. The van der Waals surface area contributed by atoms with Crippen molar-refractivity contribution in [1.82, 2.24) is 10.2 Å². The smallest absolute Gasteiger partial charge is 0.148 e. The van der Waals surface area contributed by atoms with Crippen LogP contribution in [0.3, 0.4) is 0 Å². The van der Waals surface area contributed by atoms with Crippen molar-refractivity contribution in [1.29, 1.82) is 0 Å². The predicted octanol–water partition coefficient (Wildman–Crippen LogP) is 2.41. The summed E-state index contributed by atoms with van der Waals surface area (Å²) in [5, 5.41) is 9.67. The lowest BCUT2D eigenvalue weighted by Crippen LogP contribution is -2.07. The summed E-state index contributed by atoms with van der Waals surface area (Å²) in [6.45, 7) is 1.15. The Hall–Kier alpha value is -1.95. The fourth-order valence-electron chi connectivity index (χ4n) is 1.54. The van der Waals surface area contributed by atoms with Crippen LogP contribution in [0.2, 0.25) is 0 Å². The number of hydrogen-bond donors (Lipinski definition) is 2. The van der Waals surface area contributed by atoms with Crippen LogP contribution in [0.25, 0.3) is 11.3 Å². The minimum absolute atomic E-state index is 0.281. The molecule has 0 spiro atoms. The lowest BCUT2D eigenvalue weighted by Gasteiger charge is -2.00. The van der Waals surface area contributed by atoms with E-state index >= 15 is 0 Å². The van der Waals surface area contributed by atoms with Gasteiger partial charge in [0.05, 0.1) is 12.3 Å². The lowest BCUT2D eigenvalue weighted by atomic mass is 10.1. The number of rotatable bonds is 5. The molecule has 2 aromatic rings. The van der Waals surface area contributed by atoms with Crippen molar-refractivity contribution in [2.45, 2.75) is 0 Å². The Bertz CT molecular complexity index is 528. The van der Waals surface area contributed by atoms with Gasteiger partial charge in [-0.3, -0.25) is 5.10 Å². The molecule has 0 saturated heterocycles. The van der Waals surface area contributed by atoms with Crippen molar-refractivity contribution in [3.05, 3.63) is 35.9 Å². The summed E-state index contributed by atoms with van der Waals surface area (Å²) >= 11 is 0. The lowest BCUT2D eigenvalue weighted by molar-refractivity contribution is 0.210. The van der Waals surface area contributed by atoms with E-state index in [-0.39, 0.29) is 5.56 Å². The zero-order valence-corrected chi connectivity index (χ0v) is 9.84. The average molecular weight is 253 g/mol. The largest absolute Gasteiger partial charge is 0.383 e. The van der Waals surface area contributed by atoms with E-state index in [9.17, 15) is 8.78 Å². The molecular weight excluding hydrogens is 240 g/mol. The summed E-state index contributed by atoms with van der Waals surface area (Å²) in [4.78, 5) is 0. The first-order chi connectivity index (χ1) is 8.70. The van der Waals surface area contributed by atoms with E-state index in [1.165, 1.54) is 12.1 Å². The van der Waals surface area contributed by atoms with Gasteiger partial charge in [0.25, 0.3) is 0 Å². The van der Waals surface area contributed by atoms with Gasteiger partial charge in [-0.25, -0.2) is 8.78 Å². The number of benzene rings is 1. The van der Waals surface area contributed by atoms with Crippen molar-refractivity contribution in [2.75, 3.05) is 25.6 Å². The maximum atomic E-state index is 13.5. The highest BCUT2D eigenvalue weighted by Gasteiger charge is 2.09. The molecule has 1 aromatic heterocycles. The second kappa shape index (κ2) is 5.59. The summed E-state index contributed by atoms with van der Waals surface area (Å²) in [7, 11) is 1.60. The van der Waals surface area contributed by atoms with Gasteiger partial charge in [0.15, 0.2) is 0 Å². The summed E-state index contributed by atoms with van der Waals surface area (Å²) in [5.74, 6) is -0.637. The molecule has 2 N–H and O–H groups in total. The number of nitrogens with zero attached hydrogens (tertiary/aromatic N) is 1. The molecular formula is C12H13F2N3O. The molecule has 0 unspecified atom stereocenters. The highest BCUT2D eigenvalue weighted by Crippen LogP contribution is 2.23. The Balaban J connectivity index is 2.13. The van der Waals surface area contributed by atoms with E-state index in [0.717, 1.165) is 6.07 Å². The van der Waals surface area contributed by atoms with Gasteiger partial charge in [-0.1, -0.05) is 0 Å². The summed E-state index contributed by atoms with van der Waals surface area (Å²) < 4.78 is 31.2. The molecule has 18 heavy (non-hydrogen) atoms. The van der Waals surface area contributed by atoms with Crippen LogP contribution in [0.5, 0.6) is 0 Å². The van der Waals surface area contributed by atoms with Gasteiger partial charge in [0, 0.05) is 31.4 Å². The fourth-order valence-corrected chi connectivity index (χ4v) is 1.54. The van der Waals surface area contributed by atoms with Crippen molar-refractivity contribution in [3.63, 3.8) is 0 Å². The van der Waals surface area contributed by atoms with Gasteiger partial charge in [0.2, 0.25) is 0 Å². The molecule has 0 aliphatic carbocycles. The monoisotopic (exact) mass is 253 g/mol. The molecule has 0 atom stereocenters. The van der Waals surface area contributed by atoms with E-state index in [0.29, 0.717) is 24.7 Å². The number of halogens is 2. The SMILES string of the molecule is COCCNc1cc(-c2ccc(F)cc2F)[nH]n1. The zero-order valence-electron chi connectivity index (χ0n) is 9.84. The predicted molar refractivity (Wildman–Crippen MR) is 64.3 cm³/mol. The number of anilines is 1. The third-order valence-corrected chi connectivity index (χ3v) is 2.41. The number of ether oxygens (including phenoxy) is 1. The molecule has 1 heterocycles. The van der Waals surface area contributed by atoms with Gasteiger partial charge >= 0.3 is 0 Å². The highest BCUT2D eigenvalue weighted by molar-refractivity contribution is 5.63. The van der Waals surface area contributed by atoms with Crippen LogP contribution in [-0.4, -0.2) is 30.5 Å². The molecule has 1 aromatic carbocycles. The standard InChI is InChI=1S/C12H13F2N3O/c1-18-5-4-15-12-7-11(16-17-12)9-3-2-8(13)6-10(9)14/h2-3,6-7H,4-5H2,1H3,(H2,15,16,17). The Kier molecular flexibility index (Phi) is 3.88. The Morgan fingerprint density at radius 3 is 2.89 bits per heavy atom. The third-order valence-electron chi connectivity index (χ3n) is 2.41. The number of aromatic nitrogens is 2. The summed E-state index contributed by atoms with van der Waals surface area (Å²) in [6, 6.07) is 5.08. The number of nitrogens with one attached hydrogen (secondary N) is 2. The molecule has 0 aliphatic heterocycles. The molecule has 2 rings (SSSR count). The second-order valence-electron chi connectivity index (χ2n) is 3.71. The molecule has 0 amide bonds. The topological polar surface area (TPSA) is 49.9 Å². The van der Waals surface area contributed by atoms with Crippen molar-refractivity contribution < 1.29 is 13.5 Å². The van der Waals surface area contributed by atoms with Crippen LogP contribution >= 0.6 is 0 Å². The van der Waals surface area contributed by atoms with Crippen LogP contribution in [0.1, 0.15) is 0 Å². The van der Waals surface area contributed by atoms with Gasteiger partial charge in [-0.2, -0.15) is 5.10 Å². The summed E-state index contributed by atoms with van der Waals surface area (Å²) in [5.41, 5.74) is 0.774. The number of aromatic amines is 1. The van der Waals surface area contributed by atoms with E-state index in [1.807, 2.05) is 0 Å². The minimum Gasteiger partial charge on any atom is -0.383 e. The van der Waals surface area contributed by atoms with Crippen LogP contribution in [0.4, 0.5) is 14.6 Å². The van der Waals surface area contributed by atoms with E-state index in [4.69, 9.17) is 4.74 Å². The fraction of sp³-hybridized carbons (Fsp3) is 0.250. The number of hydrogen-bond acceptors (Lipinski definition) is 3. The third kappa shape index (κ3) is 2.84. The number of H-pyrrole nitrogens is 1. The highest BCUT2D eigenvalue weighted by atomic mass is 19.1. The minimum atomic E-state index is -0.623. The van der Waals surface area contributed by atoms with Gasteiger partial charge in [-0.05, 0) is 12.1 Å². The maximum absolute atomic E-state index is 13.5. The molecule has 4 nitrogen and oxygen atoms in total. The molecule has 0 radical (unpaired) electrons. The number of methoxy groups -OCH3 is 1. The molecule has 0 fully saturated rings. The molecule has 0 bridgehead atoms. The van der Waals surface area contributed by atoms with Crippen molar-refractivity contribution in [2.24, 2.45) is 0 Å². The first-order valence-corrected chi connectivity index (χ1v) is 5.44. The van der Waals surface area contributed by atoms with Gasteiger partial charge in [0.1, 0.15) is 17.5 Å². The average Bonchev–Trinajstić information content (AvgIpc) is 2.78. The first kappa shape index (κ1) is 12.5. The summed E-state index contributed by atoms with van der Waals surface area (Å²) in [6.07, 6.45) is 0. The molecule has 0 aliphatic rings. The quantitative estimate of drug-likeness (QED) is 0.804. The van der Waals surface area contributed by atoms with Crippen molar-refractivity contribution in [3.8, 4) is 11.3 Å². The Morgan fingerprint density at radius 2 is 2.17 bits per heavy atom. The van der Waals surface area contributed by atoms with E-state index in [1.54, 1.807) is 13.2 Å². The van der Waals surface area contributed by atoms with Crippen LogP contribution < -0.4 is 5.32 Å². The second-order valence-corrected chi connectivity index (χ2v) is 3.71. The maximum Gasteiger partial charge on any atom is 0.148 e. The van der Waals surface area contributed by atoms with E-state index in [2.05, 4.69) is 15.5 Å². The van der Waals surface area contributed by atoms with E-state index < -0.39 is 11.6 Å². The van der Waals surface area contributed by atoms with Gasteiger partial charge in [-0.15, -0.1) is 0 Å². The van der Waals surface area contributed by atoms with Crippen molar-refractivity contribution >= 4 is 5.82 Å². The molecule has 6 heteroatoms. The normalized spacial score (nSPS) is 10.6. The van der Waals surface area contributed by atoms with Crippen LogP contribution in [0.15, 0.2) is 24.3 Å². The Morgan fingerprint density at radius 1 is 1.33 bits per heavy atom. The zero-order chi connectivity index (χ0) is 13.0.